The first-order valence-corrected chi connectivity index (χ1v) is 27.4. The molecule has 3 aromatic carbocycles. The number of anilines is 2. The number of sulfonamides is 1. The summed E-state index contributed by atoms with van der Waals surface area (Å²) < 4.78 is 49.6. The fourth-order valence-corrected chi connectivity index (χ4v) is 13.5. The van der Waals surface area contributed by atoms with Crippen LogP contribution in [0.3, 0.4) is 0 Å². The molecule has 5 aromatic rings. The monoisotopic (exact) mass is 1000 g/mol. The molecule has 6 heterocycles. The average molecular weight is 1000 g/mol. The normalized spacial score (nSPS) is 25.4. The number of nitrogens with zero attached hydrogens (tertiary/aromatic N) is 4. The van der Waals surface area contributed by atoms with Gasteiger partial charge in [-0.25, -0.2) is 13.1 Å². The summed E-state index contributed by atoms with van der Waals surface area (Å²) in [6.45, 7) is 10.7. The Hall–Kier alpha value is -5.95. The van der Waals surface area contributed by atoms with Crippen LogP contribution in [0.25, 0.3) is 11.0 Å². The molecule has 1 amide bonds. The van der Waals surface area contributed by atoms with E-state index >= 15 is 0 Å². The predicted molar refractivity (Wildman–Crippen MR) is 274 cm³/mol. The van der Waals surface area contributed by atoms with Gasteiger partial charge >= 0.3 is 0 Å². The maximum Gasteiger partial charge on any atom is 0.297 e. The van der Waals surface area contributed by atoms with E-state index in [1.54, 1.807) is 24.4 Å². The minimum absolute atomic E-state index is 0.00418. The number of amides is 1. The molecule has 18 heteroatoms. The third kappa shape index (κ3) is 9.58. The lowest BCUT2D eigenvalue weighted by atomic mass is 9.59. The van der Waals surface area contributed by atoms with Crippen LogP contribution < -0.4 is 34.5 Å². The van der Waals surface area contributed by atoms with Gasteiger partial charge < -0.3 is 39.8 Å². The number of carbonyl (C=O) groups excluding carboxylic acids is 1. The van der Waals surface area contributed by atoms with Gasteiger partial charge in [0.25, 0.3) is 27.5 Å². The van der Waals surface area contributed by atoms with Gasteiger partial charge in [-0.3, -0.25) is 19.8 Å². The number of nitro groups is 1. The van der Waals surface area contributed by atoms with Crippen LogP contribution in [0.15, 0.2) is 77.8 Å². The Bertz CT molecular complexity index is 2960. The van der Waals surface area contributed by atoms with Crippen LogP contribution in [0, 0.1) is 21.4 Å². The smallest absolute Gasteiger partial charge is 0.297 e. The Balaban J connectivity index is 0.842. The van der Waals surface area contributed by atoms with Gasteiger partial charge in [-0.15, -0.1) is 0 Å². The molecule has 382 valence electrons. The first kappa shape index (κ1) is 48.3. The van der Waals surface area contributed by atoms with Crippen LogP contribution >= 0.6 is 0 Å². The number of hydrogen-bond acceptors (Lipinski definition) is 14. The Morgan fingerprint density at radius 2 is 1.78 bits per heavy atom. The Morgan fingerprint density at radius 3 is 2.53 bits per heavy atom. The highest BCUT2D eigenvalue weighted by Crippen LogP contribution is 2.54. The SMILES string of the molecule is CC(C)c1ccccc1[C@H]1CCCN1C1CC2(CCN(c3ccc(C(=O)NS(=O)(=O)c4cc5c(c([N+](=O)[O-])c4)N[C@@H]([C@H]4CC[C@](C)(O)CC4)CO5)c(Oc4cc5cc[nH]c5nc4O[C@@H]4CCNC4)c3)CC2)C1. The van der Waals surface area contributed by atoms with Crippen molar-refractivity contribution in [3.05, 3.63) is 99.7 Å². The van der Waals surface area contributed by atoms with Crippen LogP contribution in [0.1, 0.15) is 125 Å². The van der Waals surface area contributed by atoms with Crippen molar-refractivity contribution in [2.24, 2.45) is 11.3 Å². The minimum Gasteiger partial charge on any atom is -0.489 e. The molecular weight excluding hydrogens is 937 g/mol. The van der Waals surface area contributed by atoms with Gasteiger partial charge in [0.2, 0.25) is 0 Å². The van der Waals surface area contributed by atoms with Crippen LogP contribution in [0.5, 0.6) is 23.1 Å². The number of nitro benzene ring substituents is 1. The molecule has 2 saturated carbocycles. The number of nitrogens with one attached hydrogen (secondary N) is 4. The zero-order chi connectivity index (χ0) is 49.9. The summed E-state index contributed by atoms with van der Waals surface area (Å²) in [5, 5.41) is 30.3. The number of piperidine rings is 1. The molecule has 2 aliphatic carbocycles. The summed E-state index contributed by atoms with van der Waals surface area (Å²) in [5.74, 6) is 0.158. The summed E-state index contributed by atoms with van der Waals surface area (Å²) in [5.41, 5.74) is 3.39. The number of fused-ring (bicyclic) bond motifs is 2. The standard InChI is InChI=1S/C54H66N8O9S/c1-33(2)40-7-4-5-8-41(40)44-9-6-22-61(44)37-29-54(30-37)18-23-60(24-19-54)36-10-11-42(46(26-36)71-48-25-35-14-21-56-50(35)58-52(48)70-38-15-20-55-31-38)51(63)59-72(67,68)39-27-45(62(65)66)49-47(28-39)69-32-43(57-49)34-12-16-53(3,64)17-13-34/h4-5,7-8,10-11,14,21,25-28,33-34,37-38,43-44,55,57,64H,6,9,12-13,15-20,22-24,29-32H2,1-3H3,(H,56,58)(H,59,63)/t34-,38-,43-,44-,53-/m1/s1. The summed E-state index contributed by atoms with van der Waals surface area (Å²) in [6, 6.07) is 20.7. The molecule has 4 aliphatic heterocycles. The van der Waals surface area contributed by atoms with E-state index in [4.69, 9.17) is 19.2 Å². The number of hydrogen-bond donors (Lipinski definition) is 5. The summed E-state index contributed by atoms with van der Waals surface area (Å²) in [7, 11) is -4.71. The van der Waals surface area contributed by atoms with Gasteiger partial charge in [-0.2, -0.15) is 4.98 Å². The Labute approximate surface area is 420 Å². The molecule has 3 saturated heterocycles. The van der Waals surface area contributed by atoms with Crippen LogP contribution in [0.2, 0.25) is 0 Å². The summed E-state index contributed by atoms with van der Waals surface area (Å²) in [6.07, 6.45) is 11.8. The highest BCUT2D eigenvalue weighted by Gasteiger charge is 2.50. The van der Waals surface area contributed by atoms with Gasteiger partial charge in [0.05, 0.1) is 27.0 Å². The fraction of sp³-hybridized carbons (Fsp3) is 0.519. The maximum absolute atomic E-state index is 14.4. The molecule has 5 N–H and O–H groups in total. The van der Waals surface area contributed by atoms with E-state index in [-0.39, 0.29) is 64.5 Å². The van der Waals surface area contributed by atoms with Crippen LogP contribution in [0.4, 0.5) is 17.1 Å². The second kappa shape index (κ2) is 19.1. The number of carbonyl (C=O) groups is 1. The molecule has 5 fully saturated rings. The van der Waals surface area contributed by atoms with Crippen molar-refractivity contribution < 1.29 is 37.5 Å². The topological polar surface area (TPSA) is 214 Å². The van der Waals surface area contributed by atoms with Crippen molar-refractivity contribution in [1.82, 2.24) is 24.9 Å². The summed E-state index contributed by atoms with van der Waals surface area (Å²) >= 11 is 0. The third-order valence-electron chi connectivity index (χ3n) is 16.7. The number of aromatic nitrogens is 2. The number of aromatic amines is 1. The maximum atomic E-state index is 14.4. The fourth-order valence-electron chi connectivity index (χ4n) is 12.5. The van der Waals surface area contributed by atoms with Gasteiger partial charge in [-0.1, -0.05) is 38.1 Å². The molecule has 72 heavy (non-hydrogen) atoms. The minimum atomic E-state index is -4.71. The van der Waals surface area contributed by atoms with Crippen molar-refractivity contribution in [2.45, 2.75) is 132 Å². The highest BCUT2D eigenvalue weighted by molar-refractivity contribution is 7.90. The molecule has 0 radical (unpaired) electrons. The number of H-pyrrole nitrogens is 1. The average Bonchev–Trinajstić information content (AvgIpc) is 4.16. The molecule has 0 bridgehead atoms. The molecule has 6 aliphatic rings. The van der Waals surface area contributed by atoms with E-state index in [2.05, 4.69) is 68.3 Å². The third-order valence-corrected chi connectivity index (χ3v) is 18.0. The van der Waals surface area contributed by atoms with Crippen molar-refractivity contribution >= 4 is 44.0 Å². The molecule has 17 nitrogen and oxygen atoms in total. The molecule has 3 atom stereocenters. The van der Waals surface area contributed by atoms with E-state index in [0.717, 1.165) is 62.6 Å². The Morgan fingerprint density at radius 1 is 0.986 bits per heavy atom. The van der Waals surface area contributed by atoms with Crippen molar-refractivity contribution in [3.8, 4) is 23.1 Å². The predicted octanol–water partition coefficient (Wildman–Crippen LogP) is 8.95. The first-order valence-electron chi connectivity index (χ1n) is 25.9. The molecule has 0 unspecified atom stereocenters. The first-order chi connectivity index (χ1) is 34.6. The summed E-state index contributed by atoms with van der Waals surface area (Å²) in [4.78, 5) is 38.8. The zero-order valence-electron chi connectivity index (χ0n) is 41.3. The van der Waals surface area contributed by atoms with E-state index in [1.165, 1.54) is 42.9 Å². The van der Waals surface area contributed by atoms with Gasteiger partial charge in [0.1, 0.15) is 24.1 Å². The van der Waals surface area contributed by atoms with Crippen molar-refractivity contribution in [1.29, 1.82) is 0 Å². The Kier molecular flexibility index (Phi) is 12.9. The lowest BCUT2D eigenvalue weighted by Gasteiger charge is -2.56. The van der Waals surface area contributed by atoms with Gasteiger partial charge in [0.15, 0.2) is 17.2 Å². The van der Waals surface area contributed by atoms with Gasteiger partial charge in [0, 0.05) is 67.2 Å². The quantitative estimate of drug-likeness (QED) is 0.0551. The number of ether oxygens (including phenoxy) is 3. The van der Waals surface area contributed by atoms with Crippen molar-refractivity contribution in [2.75, 3.05) is 49.5 Å². The van der Waals surface area contributed by atoms with Crippen LogP contribution in [-0.4, -0.2) is 102 Å². The van der Waals surface area contributed by atoms with Gasteiger partial charge in [-0.05, 0) is 143 Å². The second-order valence-corrected chi connectivity index (χ2v) is 23.5. The lowest BCUT2D eigenvalue weighted by molar-refractivity contribution is -0.384. The van der Waals surface area contributed by atoms with E-state index in [9.17, 15) is 28.4 Å². The number of benzene rings is 3. The molecule has 11 rings (SSSR count). The largest absolute Gasteiger partial charge is 0.489 e. The molecule has 1 spiro atoms. The van der Waals surface area contributed by atoms with Crippen molar-refractivity contribution in [3.63, 3.8) is 0 Å². The van der Waals surface area contributed by atoms with E-state index < -0.39 is 37.0 Å². The van der Waals surface area contributed by atoms with E-state index in [0.29, 0.717) is 55.9 Å². The number of likely N-dealkylation sites (tertiary alicyclic amines) is 1. The lowest BCUT2D eigenvalue weighted by Crippen LogP contribution is -2.54. The zero-order valence-corrected chi connectivity index (χ0v) is 42.1. The number of rotatable bonds is 13. The second-order valence-electron chi connectivity index (χ2n) is 21.9. The number of aliphatic hydroxyl groups is 1. The molecular formula is C54H66N8O9S. The molecule has 2 aromatic heterocycles. The number of pyridine rings is 1. The van der Waals surface area contributed by atoms with Crippen LogP contribution in [-0.2, 0) is 10.0 Å². The van der Waals surface area contributed by atoms with E-state index in [1.807, 2.05) is 19.1 Å². The highest BCUT2D eigenvalue weighted by atomic mass is 32.2.